The third kappa shape index (κ3) is 8.24. The molecule has 1 aromatic carbocycles. The largest absolute Gasteiger partial charge is 0.356 e. The van der Waals surface area contributed by atoms with Gasteiger partial charge in [0.25, 0.3) is 0 Å². The zero-order valence-electron chi connectivity index (χ0n) is 14.8. The lowest BCUT2D eigenvalue weighted by Crippen LogP contribution is -2.40. The molecule has 0 radical (unpaired) electrons. The molecule has 1 aromatic rings. The lowest BCUT2D eigenvalue weighted by Gasteiger charge is -2.12. The quantitative estimate of drug-likeness (QED) is 0.507. The summed E-state index contributed by atoms with van der Waals surface area (Å²) in [5, 5.41) is 9.30. The third-order valence-electron chi connectivity index (χ3n) is 3.43. The van der Waals surface area contributed by atoms with E-state index < -0.39 is 0 Å². The average molecular weight is 318 g/mol. The molecule has 0 heterocycles. The van der Waals surface area contributed by atoms with Gasteiger partial charge < -0.3 is 16.0 Å². The molecule has 3 N–H and O–H groups in total. The van der Waals surface area contributed by atoms with E-state index in [4.69, 9.17) is 0 Å². The molecule has 0 fully saturated rings. The van der Waals surface area contributed by atoms with Crippen LogP contribution in [0.1, 0.15) is 36.5 Å². The summed E-state index contributed by atoms with van der Waals surface area (Å²) < 4.78 is 0. The van der Waals surface area contributed by atoms with E-state index in [1.54, 1.807) is 7.05 Å². The van der Waals surface area contributed by atoms with Crippen LogP contribution in [0.5, 0.6) is 0 Å². The van der Waals surface area contributed by atoms with Crippen molar-refractivity contribution < 1.29 is 4.79 Å². The van der Waals surface area contributed by atoms with E-state index in [2.05, 4.69) is 53.0 Å². The van der Waals surface area contributed by atoms with Crippen LogP contribution in [-0.4, -0.2) is 38.5 Å². The second kappa shape index (κ2) is 10.6. The molecule has 0 atom stereocenters. The molecule has 1 rings (SSSR count). The van der Waals surface area contributed by atoms with E-state index in [0.29, 0.717) is 13.0 Å². The number of amides is 1. The maximum atomic E-state index is 11.5. The van der Waals surface area contributed by atoms with Gasteiger partial charge in [-0.2, -0.15) is 0 Å². The van der Waals surface area contributed by atoms with Gasteiger partial charge in [0.05, 0.1) is 0 Å². The second-order valence-electron chi connectivity index (χ2n) is 5.77. The summed E-state index contributed by atoms with van der Waals surface area (Å²) in [6, 6.07) is 6.60. The Morgan fingerprint density at radius 2 is 1.65 bits per heavy atom. The highest BCUT2D eigenvalue weighted by molar-refractivity contribution is 5.81. The number of aryl methyl sites for hydroxylation is 2. The van der Waals surface area contributed by atoms with Crippen LogP contribution in [0.2, 0.25) is 0 Å². The van der Waals surface area contributed by atoms with E-state index in [1.807, 2.05) is 6.92 Å². The highest BCUT2D eigenvalue weighted by atomic mass is 16.1. The van der Waals surface area contributed by atoms with Gasteiger partial charge in [-0.1, -0.05) is 36.2 Å². The van der Waals surface area contributed by atoms with Gasteiger partial charge in [-0.3, -0.25) is 9.79 Å². The normalized spacial score (nSPS) is 11.2. The molecular formula is C18H30N4O. The van der Waals surface area contributed by atoms with Crippen LogP contribution in [0.4, 0.5) is 0 Å². The first kappa shape index (κ1) is 19.0. The van der Waals surface area contributed by atoms with E-state index in [1.165, 1.54) is 16.7 Å². The Balaban J connectivity index is 2.27. The standard InChI is InChI=1S/C18H30N4O/c1-5-8-20-17(23)7-10-22-18(19-4)21-9-6-16-12-14(2)11-15(3)13-16/h11-13H,5-10H2,1-4H3,(H,20,23)(H2,19,21,22). The first-order valence-electron chi connectivity index (χ1n) is 8.33. The van der Waals surface area contributed by atoms with Crippen molar-refractivity contribution in [2.24, 2.45) is 4.99 Å². The van der Waals surface area contributed by atoms with Crippen molar-refractivity contribution in [1.29, 1.82) is 0 Å². The van der Waals surface area contributed by atoms with Crippen molar-refractivity contribution in [1.82, 2.24) is 16.0 Å². The number of guanidine groups is 1. The Bertz CT molecular complexity index is 506. The molecule has 0 bridgehead atoms. The maximum absolute atomic E-state index is 11.5. The van der Waals surface area contributed by atoms with E-state index in [-0.39, 0.29) is 5.91 Å². The lowest BCUT2D eigenvalue weighted by atomic mass is 10.1. The van der Waals surface area contributed by atoms with E-state index >= 15 is 0 Å². The summed E-state index contributed by atoms with van der Waals surface area (Å²) in [6.45, 7) is 8.41. The van der Waals surface area contributed by atoms with Gasteiger partial charge in [0.15, 0.2) is 5.96 Å². The number of carbonyl (C=O) groups excluding carboxylic acids is 1. The molecule has 0 aliphatic heterocycles. The molecule has 0 aromatic heterocycles. The summed E-state index contributed by atoms with van der Waals surface area (Å²) in [4.78, 5) is 15.7. The predicted molar refractivity (Wildman–Crippen MR) is 96.9 cm³/mol. The summed E-state index contributed by atoms with van der Waals surface area (Å²) in [5.74, 6) is 0.808. The minimum Gasteiger partial charge on any atom is -0.356 e. The lowest BCUT2D eigenvalue weighted by molar-refractivity contribution is -0.120. The molecule has 5 nitrogen and oxygen atoms in total. The predicted octanol–water partition coefficient (Wildman–Crippen LogP) is 1.93. The SMILES string of the molecule is CCCNC(=O)CCNC(=NC)NCCc1cc(C)cc(C)c1. The number of benzene rings is 1. The molecule has 0 saturated carbocycles. The summed E-state index contributed by atoms with van der Waals surface area (Å²) >= 11 is 0. The monoisotopic (exact) mass is 318 g/mol. The van der Waals surface area contributed by atoms with Gasteiger partial charge in [0, 0.05) is 33.1 Å². The van der Waals surface area contributed by atoms with Crippen LogP contribution in [0.3, 0.4) is 0 Å². The molecule has 5 heteroatoms. The zero-order chi connectivity index (χ0) is 17.1. The summed E-state index contributed by atoms with van der Waals surface area (Å²) in [6.07, 6.45) is 2.36. The van der Waals surface area contributed by atoms with Crippen LogP contribution in [0.15, 0.2) is 23.2 Å². The summed E-state index contributed by atoms with van der Waals surface area (Å²) in [5.41, 5.74) is 3.91. The highest BCUT2D eigenvalue weighted by Crippen LogP contribution is 2.08. The zero-order valence-corrected chi connectivity index (χ0v) is 14.8. The van der Waals surface area contributed by atoms with Crippen molar-refractivity contribution in [2.45, 2.75) is 40.0 Å². The molecule has 1 amide bonds. The minimum atomic E-state index is 0.0741. The van der Waals surface area contributed by atoms with E-state index in [9.17, 15) is 4.79 Å². The Morgan fingerprint density at radius 1 is 1.00 bits per heavy atom. The van der Waals surface area contributed by atoms with Crippen LogP contribution in [0, 0.1) is 13.8 Å². The van der Waals surface area contributed by atoms with Gasteiger partial charge in [0.2, 0.25) is 5.91 Å². The van der Waals surface area contributed by atoms with Gasteiger partial charge in [-0.15, -0.1) is 0 Å². The fourth-order valence-electron chi connectivity index (χ4n) is 2.41. The first-order chi connectivity index (χ1) is 11.0. The number of carbonyl (C=O) groups is 1. The Kier molecular flexibility index (Phi) is 8.80. The Labute approximate surface area is 140 Å². The highest BCUT2D eigenvalue weighted by Gasteiger charge is 2.02. The molecule has 128 valence electrons. The fourth-order valence-corrected chi connectivity index (χ4v) is 2.41. The molecule has 0 unspecified atom stereocenters. The van der Waals surface area contributed by atoms with Crippen molar-refractivity contribution in [3.8, 4) is 0 Å². The number of aliphatic imine (C=N–C) groups is 1. The fraction of sp³-hybridized carbons (Fsp3) is 0.556. The molecule has 0 aliphatic carbocycles. The van der Waals surface area contributed by atoms with Gasteiger partial charge >= 0.3 is 0 Å². The van der Waals surface area contributed by atoms with Crippen LogP contribution in [0.25, 0.3) is 0 Å². The number of rotatable bonds is 8. The second-order valence-corrected chi connectivity index (χ2v) is 5.77. The maximum Gasteiger partial charge on any atom is 0.221 e. The van der Waals surface area contributed by atoms with Gasteiger partial charge in [0.1, 0.15) is 0 Å². The van der Waals surface area contributed by atoms with Gasteiger partial charge in [-0.25, -0.2) is 0 Å². The van der Waals surface area contributed by atoms with Gasteiger partial charge in [-0.05, 0) is 32.3 Å². The number of hydrogen-bond acceptors (Lipinski definition) is 2. The number of nitrogens with one attached hydrogen (secondary N) is 3. The average Bonchev–Trinajstić information content (AvgIpc) is 2.50. The molecular weight excluding hydrogens is 288 g/mol. The number of nitrogens with zero attached hydrogens (tertiary/aromatic N) is 1. The molecule has 0 spiro atoms. The molecule has 0 aliphatic rings. The molecule has 23 heavy (non-hydrogen) atoms. The topological polar surface area (TPSA) is 65.5 Å². The van der Waals surface area contributed by atoms with Crippen LogP contribution < -0.4 is 16.0 Å². The van der Waals surface area contributed by atoms with Crippen molar-refractivity contribution in [3.05, 3.63) is 34.9 Å². The minimum absolute atomic E-state index is 0.0741. The number of hydrogen-bond donors (Lipinski definition) is 3. The Morgan fingerprint density at radius 3 is 2.26 bits per heavy atom. The molecule has 0 saturated heterocycles. The van der Waals surface area contributed by atoms with E-state index in [0.717, 1.165) is 31.9 Å². The third-order valence-corrected chi connectivity index (χ3v) is 3.43. The van der Waals surface area contributed by atoms with Crippen molar-refractivity contribution >= 4 is 11.9 Å². The van der Waals surface area contributed by atoms with Crippen molar-refractivity contribution in [3.63, 3.8) is 0 Å². The Hall–Kier alpha value is -2.04. The first-order valence-corrected chi connectivity index (χ1v) is 8.33. The van der Waals surface area contributed by atoms with Crippen LogP contribution in [-0.2, 0) is 11.2 Å². The van der Waals surface area contributed by atoms with Crippen LogP contribution >= 0.6 is 0 Å². The summed E-state index contributed by atoms with van der Waals surface area (Å²) in [7, 11) is 1.74. The smallest absolute Gasteiger partial charge is 0.221 e. The van der Waals surface area contributed by atoms with Crippen molar-refractivity contribution in [2.75, 3.05) is 26.7 Å².